The molecule has 0 radical (unpaired) electrons. The van der Waals surface area contributed by atoms with Crippen molar-refractivity contribution in [3.05, 3.63) is 53.2 Å². The maximum Gasteiger partial charge on any atom is 0.416 e. The summed E-state index contributed by atoms with van der Waals surface area (Å²) in [6.07, 6.45) is -2.77. The Kier molecular flexibility index (Phi) is 4.87. The Labute approximate surface area is 149 Å². The second-order valence-electron chi connectivity index (χ2n) is 4.94. The van der Waals surface area contributed by atoms with E-state index < -0.39 is 17.6 Å². The number of nitrogens with zero attached hydrogens (tertiary/aromatic N) is 3. The minimum Gasteiger partial charge on any atom is -0.324 e. The Morgan fingerprint density at radius 3 is 2.80 bits per heavy atom. The number of rotatable bonds is 4. The van der Waals surface area contributed by atoms with Crippen molar-refractivity contribution in [2.75, 3.05) is 11.1 Å². The average Bonchev–Trinajstić information content (AvgIpc) is 2.97. The van der Waals surface area contributed by atoms with Crippen LogP contribution in [0.15, 0.2) is 47.8 Å². The number of nitrogens with one attached hydrogen (secondary N) is 1. The largest absolute Gasteiger partial charge is 0.416 e. The Balaban J connectivity index is 1.69. The van der Waals surface area contributed by atoms with Crippen LogP contribution in [-0.2, 0) is 11.0 Å². The molecule has 3 rings (SSSR count). The second-order valence-corrected chi connectivity index (χ2v) is 6.29. The van der Waals surface area contributed by atoms with Crippen molar-refractivity contribution < 1.29 is 18.0 Å². The first-order valence-electron chi connectivity index (χ1n) is 6.94. The van der Waals surface area contributed by atoms with Crippen molar-refractivity contribution in [1.82, 2.24) is 14.6 Å². The van der Waals surface area contributed by atoms with Crippen LogP contribution in [0, 0.1) is 0 Å². The number of pyridine rings is 1. The molecule has 2 aromatic heterocycles. The molecule has 130 valence electrons. The maximum absolute atomic E-state index is 12.7. The zero-order chi connectivity index (χ0) is 18.0. The van der Waals surface area contributed by atoms with Gasteiger partial charge in [0.2, 0.25) is 5.91 Å². The summed E-state index contributed by atoms with van der Waals surface area (Å²) in [6, 6.07) is 8.12. The Morgan fingerprint density at radius 2 is 2.04 bits per heavy atom. The summed E-state index contributed by atoms with van der Waals surface area (Å²) in [7, 11) is 0. The van der Waals surface area contributed by atoms with E-state index in [0.29, 0.717) is 10.8 Å². The van der Waals surface area contributed by atoms with E-state index >= 15 is 0 Å². The summed E-state index contributed by atoms with van der Waals surface area (Å²) < 4.78 is 39.9. The zero-order valence-electron chi connectivity index (χ0n) is 12.4. The van der Waals surface area contributed by atoms with Crippen LogP contribution in [0.5, 0.6) is 0 Å². The zero-order valence-corrected chi connectivity index (χ0v) is 14.0. The molecule has 0 bridgehead atoms. The first-order chi connectivity index (χ1) is 11.8. The molecule has 0 unspecified atom stereocenters. The summed E-state index contributed by atoms with van der Waals surface area (Å²) in [5, 5.41) is 10.8. The van der Waals surface area contributed by atoms with Gasteiger partial charge in [-0.25, -0.2) is 0 Å². The van der Waals surface area contributed by atoms with Crippen LogP contribution in [-0.4, -0.2) is 26.3 Å². The standard InChI is InChI=1S/C15H10ClF3N4OS/c16-10-5-4-9(15(17,18)19)7-11(10)20-13(24)8-25-14-22-21-12-3-1-2-6-23(12)14/h1-7H,8H2,(H,20,24). The highest BCUT2D eigenvalue weighted by molar-refractivity contribution is 7.99. The van der Waals surface area contributed by atoms with Gasteiger partial charge in [-0.1, -0.05) is 29.4 Å². The smallest absolute Gasteiger partial charge is 0.324 e. The van der Waals surface area contributed by atoms with Gasteiger partial charge in [-0.05, 0) is 30.3 Å². The molecule has 3 aromatic rings. The minimum absolute atomic E-state index is 0.0271. The molecule has 0 aliphatic rings. The number of halogens is 4. The summed E-state index contributed by atoms with van der Waals surface area (Å²) in [6.45, 7) is 0. The highest BCUT2D eigenvalue weighted by Crippen LogP contribution is 2.33. The molecule has 0 atom stereocenters. The van der Waals surface area contributed by atoms with Gasteiger partial charge in [0.25, 0.3) is 0 Å². The van der Waals surface area contributed by atoms with E-state index in [1.165, 1.54) is 0 Å². The normalized spacial score (nSPS) is 11.7. The number of aromatic nitrogens is 3. The van der Waals surface area contributed by atoms with Gasteiger partial charge in [0, 0.05) is 6.20 Å². The molecule has 0 saturated heterocycles. The van der Waals surface area contributed by atoms with Crippen LogP contribution in [0.4, 0.5) is 18.9 Å². The summed E-state index contributed by atoms with van der Waals surface area (Å²) >= 11 is 6.96. The van der Waals surface area contributed by atoms with Gasteiger partial charge in [0.15, 0.2) is 10.8 Å². The molecule has 1 N–H and O–H groups in total. The lowest BCUT2D eigenvalue weighted by Gasteiger charge is -2.11. The molecule has 0 saturated carbocycles. The fraction of sp³-hybridized carbons (Fsp3) is 0.133. The van der Waals surface area contributed by atoms with Crippen molar-refractivity contribution in [2.24, 2.45) is 0 Å². The molecule has 0 aliphatic heterocycles. The third-order valence-electron chi connectivity index (χ3n) is 3.18. The van der Waals surface area contributed by atoms with E-state index in [4.69, 9.17) is 11.6 Å². The van der Waals surface area contributed by atoms with Crippen LogP contribution in [0.2, 0.25) is 5.02 Å². The highest BCUT2D eigenvalue weighted by Gasteiger charge is 2.31. The topological polar surface area (TPSA) is 59.3 Å². The third kappa shape index (κ3) is 4.05. The number of anilines is 1. The fourth-order valence-electron chi connectivity index (χ4n) is 2.03. The first kappa shape index (κ1) is 17.6. The molecular weight excluding hydrogens is 377 g/mol. The Bertz CT molecular complexity index is 929. The number of fused-ring (bicyclic) bond motifs is 1. The number of carbonyl (C=O) groups is 1. The van der Waals surface area contributed by atoms with Gasteiger partial charge >= 0.3 is 6.18 Å². The Hall–Kier alpha value is -2.26. The SMILES string of the molecule is O=C(CSc1nnc2ccccn12)Nc1cc(C(F)(F)F)ccc1Cl. The summed E-state index contributed by atoms with van der Waals surface area (Å²) in [5.41, 5.74) is -0.345. The quantitative estimate of drug-likeness (QED) is 0.685. The van der Waals surface area contributed by atoms with Crippen molar-refractivity contribution >= 4 is 40.6 Å². The number of benzene rings is 1. The molecule has 10 heteroatoms. The van der Waals surface area contributed by atoms with Crippen molar-refractivity contribution in [3.8, 4) is 0 Å². The molecular formula is C15H10ClF3N4OS. The number of carbonyl (C=O) groups excluding carboxylic acids is 1. The number of alkyl halides is 3. The van der Waals surface area contributed by atoms with Gasteiger partial charge in [0.05, 0.1) is 22.0 Å². The lowest BCUT2D eigenvalue weighted by atomic mass is 10.2. The molecule has 1 amide bonds. The summed E-state index contributed by atoms with van der Waals surface area (Å²) in [5.74, 6) is -0.554. The number of hydrogen-bond donors (Lipinski definition) is 1. The minimum atomic E-state index is -4.51. The predicted molar refractivity (Wildman–Crippen MR) is 88.8 cm³/mol. The van der Waals surface area contributed by atoms with Gasteiger partial charge in [-0.2, -0.15) is 13.2 Å². The molecule has 25 heavy (non-hydrogen) atoms. The maximum atomic E-state index is 12.7. The lowest BCUT2D eigenvalue weighted by molar-refractivity contribution is -0.137. The van der Waals surface area contributed by atoms with E-state index in [1.54, 1.807) is 28.8 Å². The Morgan fingerprint density at radius 1 is 1.24 bits per heavy atom. The lowest BCUT2D eigenvalue weighted by Crippen LogP contribution is -2.15. The average molecular weight is 387 g/mol. The van der Waals surface area contributed by atoms with E-state index in [1.807, 2.05) is 0 Å². The van der Waals surface area contributed by atoms with E-state index in [9.17, 15) is 18.0 Å². The first-order valence-corrected chi connectivity index (χ1v) is 8.30. The fourth-order valence-corrected chi connectivity index (χ4v) is 2.92. The number of amides is 1. The third-order valence-corrected chi connectivity index (χ3v) is 4.46. The van der Waals surface area contributed by atoms with Crippen LogP contribution < -0.4 is 5.32 Å². The molecule has 0 spiro atoms. The molecule has 0 fully saturated rings. The number of hydrogen-bond acceptors (Lipinski definition) is 4. The molecule has 5 nitrogen and oxygen atoms in total. The molecule has 2 heterocycles. The van der Waals surface area contributed by atoms with Crippen molar-refractivity contribution in [3.63, 3.8) is 0 Å². The van der Waals surface area contributed by atoms with Crippen molar-refractivity contribution in [1.29, 1.82) is 0 Å². The predicted octanol–water partition coefficient (Wildman–Crippen LogP) is 4.13. The number of thioether (sulfide) groups is 1. The molecule has 0 aliphatic carbocycles. The van der Waals surface area contributed by atoms with Crippen LogP contribution >= 0.6 is 23.4 Å². The van der Waals surface area contributed by atoms with E-state index in [2.05, 4.69) is 15.5 Å². The summed E-state index contributed by atoms with van der Waals surface area (Å²) in [4.78, 5) is 12.0. The van der Waals surface area contributed by atoms with Gasteiger partial charge in [-0.3, -0.25) is 9.20 Å². The monoisotopic (exact) mass is 386 g/mol. The van der Waals surface area contributed by atoms with E-state index in [-0.39, 0.29) is 16.5 Å². The van der Waals surface area contributed by atoms with Crippen LogP contribution in [0.25, 0.3) is 5.65 Å². The molecule has 1 aromatic carbocycles. The van der Waals surface area contributed by atoms with Gasteiger partial charge in [0.1, 0.15) is 0 Å². The van der Waals surface area contributed by atoms with E-state index in [0.717, 1.165) is 30.0 Å². The second kappa shape index (κ2) is 6.93. The van der Waals surface area contributed by atoms with Crippen LogP contribution in [0.3, 0.4) is 0 Å². The van der Waals surface area contributed by atoms with Gasteiger partial charge < -0.3 is 5.32 Å². The highest BCUT2D eigenvalue weighted by atomic mass is 35.5. The van der Waals surface area contributed by atoms with Crippen molar-refractivity contribution in [2.45, 2.75) is 11.3 Å². The van der Waals surface area contributed by atoms with Crippen LogP contribution in [0.1, 0.15) is 5.56 Å². The van der Waals surface area contributed by atoms with Gasteiger partial charge in [-0.15, -0.1) is 10.2 Å².